The van der Waals surface area contributed by atoms with Gasteiger partial charge in [0.1, 0.15) is 11.8 Å². The number of aromatic nitrogens is 2. The van der Waals surface area contributed by atoms with E-state index in [1.807, 2.05) is 39.1 Å². The van der Waals surface area contributed by atoms with Crippen molar-refractivity contribution in [2.24, 2.45) is 5.92 Å². The van der Waals surface area contributed by atoms with Crippen molar-refractivity contribution in [3.8, 4) is 17.2 Å². The maximum Gasteiger partial charge on any atom is 0.275 e. The number of benzene rings is 2. The van der Waals surface area contributed by atoms with E-state index >= 15 is 0 Å². The molecule has 210 valence electrons. The first kappa shape index (κ1) is 27.4. The Bertz CT molecular complexity index is 1370. The summed E-state index contributed by atoms with van der Waals surface area (Å²) in [4.78, 5) is 38.5. The number of nitrogens with one attached hydrogen (secondary N) is 1. The number of likely N-dealkylation sites (N-methyl/N-ethyl adjacent to an activating group) is 1. The van der Waals surface area contributed by atoms with E-state index in [4.69, 9.17) is 14.2 Å². The molecule has 5 rings (SSSR count). The zero-order chi connectivity index (χ0) is 28.2. The highest BCUT2D eigenvalue weighted by Gasteiger charge is 2.34. The Morgan fingerprint density at radius 2 is 2.05 bits per heavy atom. The van der Waals surface area contributed by atoms with Crippen molar-refractivity contribution >= 4 is 17.5 Å². The van der Waals surface area contributed by atoms with Crippen LogP contribution in [0.25, 0.3) is 0 Å². The molecule has 1 aromatic heterocycles. The van der Waals surface area contributed by atoms with Crippen LogP contribution in [-0.2, 0) is 6.54 Å². The number of carbonyl (C=O) groups excluding carboxylic acids is 2. The SMILES string of the molecule is C[C@@H]1CN([C@@H](C)CO)C(=O)c2cccc(NC(=O)c3cnccn3)c2O[C@H]1CN(C)Cc1ccc2c(c1)OCO2. The van der Waals surface area contributed by atoms with Gasteiger partial charge in [-0.3, -0.25) is 19.5 Å². The van der Waals surface area contributed by atoms with Crippen molar-refractivity contribution in [1.29, 1.82) is 0 Å². The summed E-state index contributed by atoms with van der Waals surface area (Å²) in [5.41, 5.74) is 1.87. The van der Waals surface area contributed by atoms with Crippen LogP contribution in [0.1, 0.15) is 40.3 Å². The minimum atomic E-state index is -0.468. The lowest BCUT2D eigenvalue weighted by molar-refractivity contribution is 0.0343. The van der Waals surface area contributed by atoms with E-state index in [2.05, 4.69) is 20.2 Å². The van der Waals surface area contributed by atoms with Crippen LogP contribution in [0.5, 0.6) is 17.2 Å². The van der Waals surface area contributed by atoms with E-state index in [-0.39, 0.29) is 42.8 Å². The van der Waals surface area contributed by atoms with Gasteiger partial charge in [0, 0.05) is 37.9 Å². The fraction of sp³-hybridized carbons (Fsp3) is 0.379. The minimum absolute atomic E-state index is 0.0888. The summed E-state index contributed by atoms with van der Waals surface area (Å²) in [7, 11) is 2.00. The molecule has 0 aliphatic carbocycles. The molecule has 2 aliphatic heterocycles. The van der Waals surface area contributed by atoms with Gasteiger partial charge in [-0.2, -0.15) is 0 Å². The van der Waals surface area contributed by atoms with Crippen LogP contribution in [-0.4, -0.2) is 82.4 Å². The Kier molecular flexibility index (Phi) is 8.13. The minimum Gasteiger partial charge on any atom is -0.486 e. The van der Waals surface area contributed by atoms with Gasteiger partial charge in [0.15, 0.2) is 17.2 Å². The highest BCUT2D eigenvalue weighted by atomic mass is 16.7. The van der Waals surface area contributed by atoms with E-state index < -0.39 is 11.9 Å². The number of rotatable bonds is 8. The van der Waals surface area contributed by atoms with E-state index in [0.717, 1.165) is 17.1 Å². The van der Waals surface area contributed by atoms with Crippen LogP contribution in [0, 0.1) is 5.92 Å². The van der Waals surface area contributed by atoms with Crippen LogP contribution < -0.4 is 19.5 Å². The van der Waals surface area contributed by atoms with Crippen LogP contribution in [0.2, 0.25) is 0 Å². The van der Waals surface area contributed by atoms with Gasteiger partial charge < -0.3 is 29.5 Å². The summed E-state index contributed by atoms with van der Waals surface area (Å²) in [6.45, 7) is 5.46. The van der Waals surface area contributed by atoms with Crippen molar-refractivity contribution in [3.63, 3.8) is 0 Å². The number of para-hydroxylation sites is 1. The predicted molar refractivity (Wildman–Crippen MR) is 146 cm³/mol. The monoisotopic (exact) mass is 547 g/mol. The van der Waals surface area contributed by atoms with Gasteiger partial charge in [-0.05, 0) is 43.8 Å². The second kappa shape index (κ2) is 11.9. The summed E-state index contributed by atoms with van der Waals surface area (Å²) in [6, 6.07) is 10.6. The number of anilines is 1. The number of aliphatic hydroxyl groups is 1. The number of nitrogens with zero attached hydrogens (tertiary/aromatic N) is 4. The van der Waals surface area contributed by atoms with Gasteiger partial charge in [0.05, 0.1) is 30.1 Å². The first-order valence-corrected chi connectivity index (χ1v) is 13.2. The van der Waals surface area contributed by atoms with Crippen molar-refractivity contribution in [2.75, 3.05) is 38.9 Å². The lowest BCUT2D eigenvalue weighted by Crippen LogP contribution is -2.49. The van der Waals surface area contributed by atoms with E-state index in [1.54, 1.807) is 23.1 Å². The fourth-order valence-corrected chi connectivity index (χ4v) is 4.89. The maximum atomic E-state index is 13.7. The lowest BCUT2D eigenvalue weighted by Gasteiger charge is -2.38. The van der Waals surface area contributed by atoms with Gasteiger partial charge in [-0.15, -0.1) is 0 Å². The number of hydrogen-bond acceptors (Lipinski definition) is 9. The Morgan fingerprint density at radius 1 is 1.23 bits per heavy atom. The Labute approximate surface area is 232 Å². The average Bonchev–Trinajstić information content (AvgIpc) is 3.43. The number of amides is 2. The number of carbonyl (C=O) groups is 2. The van der Waals surface area contributed by atoms with Gasteiger partial charge in [0.25, 0.3) is 11.8 Å². The predicted octanol–water partition coefficient (Wildman–Crippen LogP) is 2.81. The quantitative estimate of drug-likeness (QED) is 0.438. The molecule has 2 amide bonds. The number of fused-ring (bicyclic) bond motifs is 2. The van der Waals surface area contributed by atoms with Gasteiger partial charge in [-0.25, -0.2) is 4.98 Å². The van der Waals surface area contributed by atoms with Crippen molar-refractivity contribution in [3.05, 3.63) is 71.8 Å². The summed E-state index contributed by atoms with van der Waals surface area (Å²) in [6.07, 6.45) is 3.95. The second-order valence-electron chi connectivity index (χ2n) is 10.2. The molecule has 40 heavy (non-hydrogen) atoms. The standard InChI is InChI=1S/C29H33N5O6/c1-18-13-34(19(2)16-35)29(37)21-5-4-6-22(32-28(36)23-12-30-9-10-31-23)27(21)40-26(18)15-33(3)14-20-7-8-24-25(11-20)39-17-38-24/h4-12,18-19,26,35H,13-17H2,1-3H3,(H,32,36)/t18-,19+,26+/m1/s1. The first-order valence-electron chi connectivity index (χ1n) is 13.2. The Balaban J connectivity index is 1.43. The molecular formula is C29H33N5O6. The Morgan fingerprint density at radius 3 is 2.83 bits per heavy atom. The average molecular weight is 548 g/mol. The highest BCUT2D eigenvalue weighted by Crippen LogP contribution is 2.36. The molecule has 0 fully saturated rings. The maximum absolute atomic E-state index is 13.7. The molecule has 2 aliphatic rings. The van der Waals surface area contributed by atoms with Gasteiger partial charge >= 0.3 is 0 Å². The molecule has 0 saturated heterocycles. The molecule has 11 nitrogen and oxygen atoms in total. The lowest BCUT2D eigenvalue weighted by atomic mass is 9.98. The third-order valence-electron chi connectivity index (χ3n) is 7.12. The molecule has 2 N–H and O–H groups in total. The van der Waals surface area contributed by atoms with Crippen LogP contribution in [0.15, 0.2) is 55.0 Å². The number of aliphatic hydroxyl groups excluding tert-OH is 1. The molecule has 0 spiro atoms. The van der Waals surface area contributed by atoms with Crippen LogP contribution in [0.4, 0.5) is 5.69 Å². The molecule has 11 heteroatoms. The third-order valence-corrected chi connectivity index (χ3v) is 7.12. The topological polar surface area (TPSA) is 126 Å². The number of hydrogen-bond donors (Lipinski definition) is 2. The molecule has 0 saturated carbocycles. The van der Waals surface area contributed by atoms with Crippen molar-refractivity contribution in [1.82, 2.24) is 19.8 Å². The molecule has 0 bridgehead atoms. The zero-order valence-corrected chi connectivity index (χ0v) is 22.7. The smallest absolute Gasteiger partial charge is 0.275 e. The first-order chi connectivity index (χ1) is 19.3. The van der Waals surface area contributed by atoms with E-state index in [9.17, 15) is 14.7 Å². The normalized spacial score (nSPS) is 18.9. The van der Waals surface area contributed by atoms with Gasteiger partial charge in [0.2, 0.25) is 6.79 Å². The molecule has 0 radical (unpaired) electrons. The Hall–Kier alpha value is -4.22. The highest BCUT2D eigenvalue weighted by molar-refractivity contribution is 6.06. The van der Waals surface area contributed by atoms with E-state index in [1.165, 1.54) is 18.6 Å². The van der Waals surface area contributed by atoms with Crippen LogP contribution >= 0.6 is 0 Å². The molecule has 3 atom stereocenters. The van der Waals surface area contributed by atoms with Crippen LogP contribution in [0.3, 0.4) is 0 Å². The molecule has 3 aromatic rings. The van der Waals surface area contributed by atoms with Gasteiger partial charge in [-0.1, -0.05) is 19.1 Å². The molecule has 2 aromatic carbocycles. The fourth-order valence-electron chi connectivity index (χ4n) is 4.89. The summed E-state index contributed by atoms with van der Waals surface area (Å²) >= 11 is 0. The van der Waals surface area contributed by atoms with Crippen molar-refractivity contribution in [2.45, 2.75) is 32.5 Å². The number of ether oxygens (including phenoxy) is 3. The molecular weight excluding hydrogens is 514 g/mol. The molecule has 0 unspecified atom stereocenters. The summed E-state index contributed by atoms with van der Waals surface area (Å²) in [5, 5.41) is 12.8. The third kappa shape index (κ3) is 5.85. The van der Waals surface area contributed by atoms with Crippen molar-refractivity contribution < 1.29 is 28.9 Å². The summed E-state index contributed by atoms with van der Waals surface area (Å²) < 4.78 is 17.5. The largest absolute Gasteiger partial charge is 0.486 e. The second-order valence-corrected chi connectivity index (χ2v) is 10.2. The summed E-state index contributed by atoms with van der Waals surface area (Å²) in [5.74, 6) is 0.919. The molecule has 3 heterocycles. The zero-order valence-electron chi connectivity index (χ0n) is 22.7. The van der Waals surface area contributed by atoms with E-state index in [0.29, 0.717) is 30.9 Å².